The van der Waals surface area contributed by atoms with Crippen LogP contribution in [-0.2, 0) is 11.2 Å². The fourth-order valence-corrected chi connectivity index (χ4v) is 4.06. The number of fused-ring (bicyclic) bond motifs is 1. The van der Waals surface area contributed by atoms with Crippen molar-refractivity contribution in [2.45, 2.75) is 65.4 Å². The third-order valence-electron chi connectivity index (χ3n) is 5.80. The first-order valence-corrected chi connectivity index (χ1v) is 10.4. The number of carbonyl (C=O) groups is 1. The Morgan fingerprint density at radius 3 is 2.67 bits per heavy atom. The third-order valence-corrected chi connectivity index (χ3v) is 5.80. The van der Waals surface area contributed by atoms with Crippen LogP contribution in [0.25, 0.3) is 0 Å². The van der Waals surface area contributed by atoms with E-state index in [0.717, 1.165) is 44.5 Å². The van der Waals surface area contributed by atoms with Crippen LogP contribution in [-0.4, -0.2) is 53.1 Å². The van der Waals surface area contributed by atoms with Crippen LogP contribution in [0.3, 0.4) is 0 Å². The molecule has 0 radical (unpaired) electrons. The van der Waals surface area contributed by atoms with Crippen molar-refractivity contribution in [1.29, 1.82) is 0 Å². The van der Waals surface area contributed by atoms with E-state index in [0.29, 0.717) is 30.5 Å². The number of rotatable bonds is 8. The van der Waals surface area contributed by atoms with Crippen LogP contribution in [0.1, 0.15) is 58.4 Å². The Morgan fingerprint density at radius 1 is 1.26 bits per heavy atom. The number of nitrogens with zero attached hydrogens (tertiary/aromatic N) is 4. The first kappa shape index (κ1) is 19.9. The summed E-state index contributed by atoms with van der Waals surface area (Å²) in [6.45, 7) is 10.5. The summed E-state index contributed by atoms with van der Waals surface area (Å²) >= 11 is 0. The second-order valence-corrected chi connectivity index (χ2v) is 7.80. The van der Waals surface area contributed by atoms with Gasteiger partial charge in [-0.3, -0.25) is 9.69 Å². The Morgan fingerprint density at radius 2 is 2.00 bits per heavy atom. The molecular formula is C20H33N5O2. The molecule has 1 fully saturated rings. The van der Waals surface area contributed by atoms with Gasteiger partial charge in [0.1, 0.15) is 11.6 Å². The number of amides is 1. The van der Waals surface area contributed by atoms with Crippen LogP contribution in [0.2, 0.25) is 0 Å². The van der Waals surface area contributed by atoms with E-state index in [9.17, 15) is 4.79 Å². The highest BCUT2D eigenvalue weighted by molar-refractivity contribution is 6.01. The van der Waals surface area contributed by atoms with Crippen molar-refractivity contribution in [2.24, 2.45) is 5.92 Å². The molecule has 2 aliphatic heterocycles. The summed E-state index contributed by atoms with van der Waals surface area (Å²) in [5.74, 6) is 1.75. The van der Waals surface area contributed by atoms with Gasteiger partial charge in [-0.1, -0.05) is 20.3 Å². The number of likely N-dealkylation sites (tertiary alicyclic amines) is 1. The maximum atomic E-state index is 12.5. The van der Waals surface area contributed by atoms with Gasteiger partial charge in [-0.05, 0) is 58.2 Å². The summed E-state index contributed by atoms with van der Waals surface area (Å²) in [4.78, 5) is 25.6. The van der Waals surface area contributed by atoms with E-state index in [4.69, 9.17) is 10.5 Å². The molecule has 3 heterocycles. The highest BCUT2D eigenvalue weighted by Gasteiger charge is 2.33. The van der Waals surface area contributed by atoms with Gasteiger partial charge >= 0.3 is 6.01 Å². The summed E-state index contributed by atoms with van der Waals surface area (Å²) in [7, 11) is 0. The van der Waals surface area contributed by atoms with Crippen molar-refractivity contribution < 1.29 is 9.53 Å². The van der Waals surface area contributed by atoms with Crippen LogP contribution in [0, 0.1) is 5.92 Å². The van der Waals surface area contributed by atoms with Crippen molar-refractivity contribution in [3.63, 3.8) is 0 Å². The maximum absolute atomic E-state index is 12.5. The van der Waals surface area contributed by atoms with Crippen LogP contribution >= 0.6 is 0 Å². The molecule has 0 aromatic carbocycles. The van der Waals surface area contributed by atoms with E-state index in [2.05, 4.69) is 28.7 Å². The molecule has 1 atom stereocenters. The van der Waals surface area contributed by atoms with Crippen LogP contribution < -0.4 is 15.4 Å². The molecule has 2 N–H and O–H groups in total. The van der Waals surface area contributed by atoms with Crippen molar-refractivity contribution >= 4 is 17.5 Å². The van der Waals surface area contributed by atoms with Gasteiger partial charge in [0.05, 0.1) is 12.5 Å². The Kier molecular flexibility index (Phi) is 6.52. The quantitative estimate of drug-likeness (QED) is 0.752. The van der Waals surface area contributed by atoms with E-state index in [1.807, 2.05) is 6.92 Å². The molecule has 27 heavy (non-hydrogen) atoms. The normalized spacial score (nSPS) is 19.4. The maximum Gasteiger partial charge on any atom is 0.320 e. The molecule has 1 amide bonds. The van der Waals surface area contributed by atoms with E-state index in [1.54, 1.807) is 4.90 Å². The van der Waals surface area contributed by atoms with Crippen LogP contribution in [0.15, 0.2) is 0 Å². The summed E-state index contributed by atoms with van der Waals surface area (Å²) in [6.07, 6.45) is 5.70. The third kappa shape index (κ3) is 4.69. The van der Waals surface area contributed by atoms with Crippen LogP contribution in [0.4, 0.5) is 11.6 Å². The Hall–Kier alpha value is -1.89. The minimum Gasteiger partial charge on any atom is -0.460 e. The molecule has 0 saturated carbocycles. The lowest BCUT2D eigenvalue weighted by molar-refractivity contribution is -0.117. The fraction of sp³-hybridized carbons (Fsp3) is 0.750. The average Bonchev–Trinajstić information content (AvgIpc) is 2.96. The molecule has 150 valence electrons. The molecule has 0 aliphatic carbocycles. The molecule has 1 aromatic heterocycles. The average molecular weight is 376 g/mol. The second-order valence-electron chi connectivity index (χ2n) is 7.80. The van der Waals surface area contributed by atoms with Gasteiger partial charge in [-0.15, -0.1) is 0 Å². The first-order chi connectivity index (χ1) is 13.0. The summed E-state index contributed by atoms with van der Waals surface area (Å²) < 4.78 is 5.82. The number of aromatic nitrogens is 2. The molecule has 3 rings (SSSR count). The van der Waals surface area contributed by atoms with Gasteiger partial charge in [-0.25, -0.2) is 0 Å². The highest BCUT2D eigenvalue weighted by atomic mass is 16.5. The van der Waals surface area contributed by atoms with Gasteiger partial charge in [-0.2, -0.15) is 9.97 Å². The molecule has 7 nitrogen and oxygen atoms in total. The number of hydrogen-bond acceptors (Lipinski definition) is 6. The largest absolute Gasteiger partial charge is 0.460 e. The zero-order valence-corrected chi connectivity index (χ0v) is 16.9. The van der Waals surface area contributed by atoms with Crippen molar-refractivity contribution in [3.8, 4) is 6.01 Å². The highest BCUT2D eigenvalue weighted by Crippen LogP contribution is 2.33. The van der Waals surface area contributed by atoms with Gasteiger partial charge in [0.2, 0.25) is 5.91 Å². The molecule has 1 aromatic rings. The topological polar surface area (TPSA) is 84.6 Å². The van der Waals surface area contributed by atoms with Crippen molar-refractivity contribution in [1.82, 2.24) is 14.9 Å². The predicted molar refractivity (Wildman–Crippen MR) is 107 cm³/mol. The number of nitrogens with two attached hydrogens (primary N) is 1. The number of carbonyl (C=O) groups excluding carboxylic acids is 1. The lowest BCUT2D eigenvalue weighted by Gasteiger charge is -2.31. The van der Waals surface area contributed by atoms with Gasteiger partial charge in [0.15, 0.2) is 0 Å². The van der Waals surface area contributed by atoms with E-state index < -0.39 is 0 Å². The van der Waals surface area contributed by atoms with Gasteiger partial charge in [0.25, 0.3) is 0 Å². The summed E-state index contributed by atoms with van der Waals surface area (Å²) in [5, 5.41) is 0. The lowest BCUT2D eigenvalue weighted by atomic mass is 9.93. The van der Waals surface area contributed by atoms with Gasteiger partial charge < -0.3 is 15.4 Å². The number of anilines is 2. The summed E-state index contributed by atoms with van der Waals surface area (Å²) in [5.41, 5.74) is 6.85. The zero-order valence-electron chi connectivity index (χ0n) is 16.9. The zero-order chi connectivity index (χ0) is 19.4. The smallest absolute Gasteiger partial charge is 0.320 e. The number of nitrogen functional groups attached to an aromatic ring is 1. The monoisotopic (exact) mass is 375 g/mol. The number of piperidine rings is 1. The molecule has 2 aliphatic rings. The van der Waals surface area contributed by atoms with Gasteiger partial charge in [0, 0.05) is 12.1 Å². The second kappa shape index (κ2) is 8.87. The first-order valence-electron chi connectivity index (χ1n) is 10.4. The minimum absolute atomic E-state index is 0.0294. The number of hydrogen-bond donors (Lipinski definition) is 1. The Labute approximate surface area is 162 Å². The SMILES string of the molecule is CCC[C@H](C)Oc1nc(N)c2c(n1)N(CCC1CCN(CC)CC1)C(=O)C2. The molecule has 1 saturated heterocycles. The number of ether oxygens (including phenoxy) is 1. The van der Waals surface area contributed by atoms with Crippen molar-refractivity contribution in [2.75, 3.05) is 36.8 Å². The van der Waals surface area contributed by atoms with E-state index in [1.165, 1.54) is 12.8 Å². The standard InChI is InChI=1S/C20H33N5O2/c1-4-6-14(3)27-20-22-18(21)16-13-17(26)25(19(16)23-20)12-9-15-7-10-24(5-2)11-8-15/h14-15H,4-13H2,1-3H3,(H2,21,22,23)/t14-/m0/s1. The van der Waals surface area contributed by atoms with Crippen molar-refractivity contribution in [3.05, 3.63) is 5.56 Å². The predicted octanol–water partition coefficient (Wildman–Crippen LogP) is 2.64. The lowest BCUT2D eigenvalue weighted by Crippen LogP contribution is -2.35. The van der Waals surface area contributed by atoms with E-state index >= 15 is 0 Å². The molecule has 0 unspecified atom stereocenters. The molecule has 0 spiro atoms. The minimum atomic E-state index is 0.0294. The van der Waals surface area contributed by atoms with Crippen LogP contribution in [0.5, 0.6) is 6.01 Å². The molecule has 0 bridgehead atoms. The molecular weight excluding hydrogens is 342 g/mol. The molecule has 7 heteroatoms. The fourth-order valence-electron chi connectivity index (χ4n) is 4.06. The van der Waals surface area contributed by atoms with E-state index in [-0.39, 0.29) is 18.0 Å². The Bertz CT molecular complexity index is 658. The Balaban J connectivity index is 1.66. The summed E-state index contributed by atoms with van der Waals surface area (Å²) in [6, 6.07) is 0.281.